The van der Waals surface area contributed by atoms with Gasteiger partial charge in [-0.15, -0.1) is 0 Å². The number of rotatable bonds is 9. The number of carboxylic acids is 1. The number of anilines is 4. The van der Waals surface area contributed by atoms with E-state index in [2.05, 4.69) is 30.8 Å². The second kappa shape index (κ2) is 10.9. The van der Waals surface area contributed by atoms with Crippen molar-refractivity contribution < 1.29 is 19.4 Å². The maximum Gasteiger partial charge on any atom is 0.341 e. The van der Waals surface area contributed by atoms with Gasteiger partial charge in [0.15, 0.2) is 6.61 Å². The third-order valence-corrected chi connectivity index (χ3v) is 4.59. The highest BCUT2D eigenvalue weighted by molar-refractivity contribution is 5.84. The van der Waals surface area contributed by atoms with Crippen LogP contribution >= 0.6 is 0 Å². The van der Waals surface area contributed by atoms with Crippen LogP contribution in [0.25, 0.3) is 0 Å². The predicted octanol–water partition coefficient (Wildman–Crippen LogP) is 2.36. The minimum absolute atomic E-state index is 0.255. The number of aliphatic carboxylic acids is 1. The smallest absolute Gasteiger partial charge is 0.341 e. The molecule has 1 aliphatic rings. The van der Waals surface area contributed by atoms with E-state index in [1.807, 2.05) is 35.2 Å². The van der Waals surface area contributed by atoms with Gasteiger partial charge in [0.1, 0.15) is 5.75 Å². The summed E-state index contributed by atoms with van der Waals surface area (Å²) in [6.07, 6.45) is 1.51. The number of hydrogen-bond acceptors (Lipinski definition) is 10. The summed E-state index contributed by atoms with van der Waals surface area (Å²) in [5, 5.41) is 16.2. The first-order valence-corrected chi connectivity index (χ1v) is 10.3. The minimum Gasteiger partial charge on any atom is -0.481 e. The molecule has 170 valence electrons. The molecule has 2 heterocycles. The van der Waals surface area contributed by atoms with Gasteiger partial charge in [0.05, 0.1) is 19.4 Å². The molecule has 0 atom stereocenters. The summed E-state index contributed by atoms with van der Waals surface area (Å²) in [5.74, 6) is 0.487. The number of ether oxygens (including phenoxy) is 2. The zero-order valence-electron chi connectivity index (χ0n) is 17.7. The first-order valence-electron chi connectivity index (χ1n) is 10.3. The molecule has 0 unspecified atom stereocenters. The summed E-state index contributed by atoms with van der Waals surface area (Å²) in [5.41, 5.74) is 4.28. The molecule has 0 amide bonds. The van der Waals surface area contributed by atoms with Crippen molar-refractivity contribution in [2.24, 2.45) is 5.10 Å². The Labute approximate surface area is 190 Å². The number of nitrogens with one attached hydrogen (secondary N) is 2. The Kier molecular flexibility index (Phi) is 7.23. The van der Waals surface area contributed by atoms with Crippen LogP contribution in [0.4, 0.5) is 23.5 Å². The van der Waals surface area contributed by atoms with Crippen molar-refractivity contribution in [1.82, 2.24) is 15.0 Å². The summed E-state index contributed by atoms with van der Waals surface area (Å²) < 4.78 is 10.7. The quantitative estimate of drug-likeness (QED) is 0.330. The van der Waals surface area contributed by atoms with Crippen LogP contribution in [-0.4, -0.2) is 65.2 Å². The highest BCUT2D eigenvalue weighted by Crippen LogP contribution is 2.19. The standard InChI is InChI=1S/C22H23N7O4/c30-19(31)15-33-18-9-5-4-6-16(18)14-23-28-21-25-20(24-17-7-2-1-3-8-17)26-22(27-21)29-10-12-32-13-11-29/h1-9,14H,10-13,15H2,(H,30,31)(H2,24,25,26,27,28)/b23-14+. The van der Waals surface area contributed by atoms with Crippen LogP contribution in [0.1, 0.15) is 5.56 Å². The largest absolute Gasteiger partial charge is 0.481 e. The van der Waals surface area contributed by atoms with E-state index in [0.717, 1.165) is 5.69 Å². The zero-order chi connectivity index (χ0) is 22.9. The Morgan fingerprint density at radius 1 is 1.06 bits per heavy atom. The number of hydrazone groups is 1. The molecule has 0 radical (unpaired) electrons. The fourth-order valence-corrected chi connectivity index (χ4v) is 3.04. The van der Waals surface area contributed by atoms with Crippen molar-refractivity contribution in [2.45, 2.75) is 0 Å². The van der Waals surface area contributed by atoms with Gasteiger partial charge in [-0.2, -0.15) is 20.1 Å². The number of benzene rings is 2. The monoisotopic (exact) mass is 449 g/mol. The third kappa shape index (κ3) is 6.37. The van der Waals surface area contributed by atoms with Gasteiger partial charge in [-0.05, 0) is 24.3 Å². The molecule has 3 N–H and O–H groups in total. The molecule has 1 aromatic heterocycles. The summed E-state index contributed by atoms with van der Waals surface area (Å²) in [7, 11) is 0. The van der Waals surface area contributed by atoms with Crippen molar-refractivity contribution in [3.63, 3.8) is 0 Å². The van der Waals surface area contributed by atoms with E-state index in [1.165, 1.54) is 6.21 Å². The minimum atomic E-state index is -1.06. The van der Waals surface area contributed by atoms with Gasteiger partial charge >= 0.3 is 5.97 Å². The molecule has 4 rings (SSSR count). The fraction of sp³-hybridized carbons (Fsp3) is 0.227. The van der Waals surface area contributed by atoms with Crippen molar-refractivity contribution in [2.75, 3.05) is 48.6 Å². The van der Waals surface area contributed by atoms with Gasteiger partial charge in [-0.3, -0.25) is 0 Å². The molecule has 2 aromatic carbocycles. The number of nitrogens with zero attached hydrogens (tertiary/aromatic N) is 5. The Balaban J connectivity index is 1.54. The molecule has 0 spiro atoms. The van der Waals surface area contributed by atoms with Crippen LogP contribution < -0.4 is 20.4 Å². The van der Waals surface area contributed by atoms with Crippen molar-refractivity contribution in [3.05, 3.63) is 60.2 Å². The van der Waals surface area contributed by atoms with Crippen molar-refractivity contribution >= 4 is 35.7 Å². The summed E-state index contributed by atoms with van der Waals surface area (Å²) >= 11 is 0. The van der Waals surface area contributed by atoms with Gasteiger partial charge in [-0.25, -0.2) is 10.2 Å². The maximum atomic E-state index is 10.8. The van der Waals surface area contributed by atoms with Crippen LogP contribution in [0.3, 0.4) is 0 Å². The second-order valence-corrected chi connectivity index (χ2v) is 6.96. The molecule has 1 saturated heterocycles. The van der Waals surface area contributed by atoms with E-state index in [0.29, 0.717) is 49.5 Å². The lowest BCUT2D eigenvalue weighted by atomic mass is 10.2. The van der Waals surface area contributed by atoms with Crippen LogP contribution in [0.2, 0.25) is 0 Å². The van der Waals surface area contributed by atoms with Crippen LogP contribution in [0, 0.1) is 0 Å². The Morgan fingerprint density at radius 2 is 1.79 bits per heavy atom. The van der Waals surface area contributed by atoms with Gasteiger partial charge in [0, 0.05) is 24.3 Å². The molecule has 1 aliphatic heterocycles. The molecule has 11 nitrogen and oxygen atoms in total. The first kappa shape index (κ1) is 22.0. The average Bonchev–Trinajstić information content (AvgIpc) is 2.84. The summed E-state index contributed by atoms with van der Waals surface area (Å²) in [4.78, 5) is 26.3. The lowest BCUT2D eigenvalue weighted by molar-refractivity contribution is -0.139. The molecule has 33 heavy (non-hydrogen) atoms. The van der Waals surface area contributed by atoms with E-state index in [9.17, 15) is 4.79 Å². The van der Waals surface area contributed by atoms with Crippen LogP contribution in [0.15, 0.2) is 59.7 Å². The van der Waals surface area contributed by atoms with Gasteiger partial charge in [0.2, 0.25) is 17.8 Å². The number of hydrogen-bond donors (Lipinski definition) is 3. The van der Waals surface area contributed by atoms with Crippen molar-refractivity contribution in [1.29, 1.82) is 0 Å². The molecule has 3 aromatic rings. The van der Waals surface area contributed by atoms with Crippen LogP contribution in [0.5, 0.6) is 5.75 Å². The SMILES string of the molecule is O=C(O)COc1ccccc1/C=N/Nc1nc(Nc2ccccc2)nc(N2CCOCC2)n1. The number of carboxylic acid groups (broad SMARTS) is 1. The summed E-state index contributed by atoms with van der Waals surface area (Å²) in [6, 6.07) is 16.6. The van der Waals surface area contributed by atoms with Gasteiger partial charge in [0.25, 0.3) is 0 Å². The number of para-hydroxylation sites is 2. The van der Waals surface area contributed by atoms with E-state index in [4.69, 9.17) is 14.6 Å². The Morgan fingerprint density at radius 3 is 2.58 bits per heavy atom. The lowest BCUT2D eigenvalue weighted by Gasteiger charge is -2.27. The maximum absolute atomic E-state index is 10.8. The van der Waals surface area contributed by atoms with E-state index < -0.39 is 12.6 Å². The molecular formula is C22H23N7O4. The average molecular weight is 449 g/mol. The van der Waals surface area contributed by atoms with Crippen LogP contribution in [-0.2, 0) is 9.53 Å². The topological polar surface area (TPSA) is 134 Å². The third-order valence-electron chi connectivity index (χ3n) is 4.59. The molecule has 11 heteroatoms. The van der Waals surface area contributed by atoms with Gasteiger partial charge in [-0.1, -0.05) is 30.3 Å². The highest BCUT2D eigenvalue weighted by atomic mass is 16.5. The second-order valence-electron chi connectivity index (χ2n) is 6.96. The van der Waals surface area contributed by atoms with E-state index in [1.54, 1.807) is 24.3 Å². The van der Waals surface area contributed by atoms with Crippen molar-refractivity contribution in [3.8, 4) is 5.75 Å². The molecular weight excluding hydrogens is 426 g/mol. The van der Waals surface area contributed by atoms with E-state index >= 15 is 0 Å². The lowest BCUT2D eigenvalue weighted by Crippen LogP contribution is -2.37. The van der Waals surface area contributed by atoms with Gasteiger partial charge < -0.3 is 24.8 Å². The summed E-state index contributed by atoms with van der Waals surface area (Å²) in [6.45, 7) is 2.10. The number of carbonyl (C=O) groups is 1. The van der Waals surface area contributed by atoms with E-state index in [-0.39, 0.29) is 5.95 Å². The number of aromatic nitrogens is 3. The Hall–Kier alpha value is -4.25. The number of morpholine rings is 1. The molecule has 0 saturated carbocycles. The predicted molar refractivity (Wildman–Crippen MR) is 123 cm³/mol. The highest BCUT2D eigenvalue weighted by Gasteiger charge is 2.16. The fourth-order valence-electron chi connectivity index (χ4n) is 3.04. The molecule has 0 bridgehead atoms. The first-order chi connectivity index (χ1) is 16.2. The zero-order valence-corrected chi connectivity index (χ0v) is 17.7. The molecule has 1 fully saturated rings. The normalized spacial score (nSPS) is 13.6. The molecule has 0 aliphatic carbocycles. The Bertz CT molecular complexity index is 1100.